The van der Waals surface area contributed by atoms with Crippen molar-refractivity contribution in [3.8, 4) is 0 Å². The standard InChI is InChI=1S/C70H136O17P2/c1-7-9-11-13-14-15-24-30-36-42-48-54-69(74)86-65(58-80-67(72)52-46-38-12-10-8-2)60-84-88(76,77)82-56-64(71)57-83-89(78,79)85-61-66(59-81-68(73)53-47-41-35-32-27-29-34-40-45-51-63(5)6)87-70(75)55-49-43-37-31-26-23-21-19-17-16-18-20-22-25-28-33-39-44-50-62(3)4/h62-66,71H,7-61H2,1-6H3,(H,76,77)(H,78,79)/t64-,65+,66+/m0/s1. The highest BCUT2D eigenvalue weighted by atomic mass is 31.2. The van der Waals surface area contributed by atoms with Gasteiger partial charge in [0.2, 0.25) is 0 Å². The van der Waals surface area contributed by atoms with Gasteiger partial charge in [-0.05, 0) is 37.5 Å². The number of phosphoric ester groups is 2. The van der Waals surface area contributed by atoms with Gasteiger partial charge in [-0.3, -0.25) is 37.3 Å². The Morgan fingerprint density at radius 2 is 0.517 bits per heavy atom. The molecule has 5 atom stereocenters. The average molecular weight is 1310 g/mol. The molecule has 0 saturated heterocycles. The first-order chi connectivity index (χ1) is 42.9. The number of rotatable bonds is 69. The van der Waals surface area contributed by atoms with E-state index >= 15 is 0 Å². The van der Waals surface area contributed by atoms with Crippen molar-refractivity contribution in [2.45, 2.75) is 374 Å². The van der Waals surface area contributed by atoms with Gasteiger partial charge in [0.1, 0.15) is 19.3 Å². The molecule has 19 heteroatoms. The zero-order valence-electron chi connectivity index (χ0n) is 57.7. The third kappa shape index (κ3) is 64.6. The first-order valence-corrected chi connectivity index (χ1v) is 39.5. The van der Waals surface area contributed by atoms with E-state index in [1.54, 1.807) is 0 Å². The van der Waals surface area contributed by atoms with Crippen molar-refractivity contribution in [1.29, 1.82) is 0 Å². The fourth-order valence-corrected chi connectivity index (χ4v) is 12.2. The lowest BCUT2D eigenvalue weighted by Gasteiger charge is -2.21. The Morgan fingerprint density at radius 3 is 0.764 bits per heavy atom. The van der Waals surface area contributed by atoms with Crippen molar-refractivity contribution in [2.24, 2.45) is 11.8 Å². The van der Waals surface area contributed by atoms with Crippen molar-refractivity contribution < 1.29 is 80.2 Å². The van der Waals surface area contributed by atoms with Crippen LogP contribution >= 0.6 is 15.6 Å². The van der Waals surface area contributed by atoms with Crippen LogP contribution in [-0.2, 0) is 65.4 Å². The van der Waals surface area contributed by atoms with E-state index in [4.69, 9.17) is 37.0 Å². The highest BCUT2D eigenvalue weighted by molar-refractivity contribution is 7.47. The SMILES string of the molecule is CCCCCCCCCCCCCC(=O)O[C@H](COC(=O)CCCCCCC)COP(=O)(O)OC[C@H](O)COP(=O)(O)OC[C@@H](COC(=O)CCCCCCCCCCCC(C)C)OC(=O)CCCCCCCCCCCCCCCCCCCCC(C)C. The van der Waals surface area contributed by atoms with Crippen molar-refractivity contribution in [3.05, 3.63) is 0 Å². The Hall–Kier alpha value is -1.94. The Bertz CT molecular complexity index is 1730. The fraction of sp³-hybridized carbons (Fsp3) is 0.943. The number of carbonyl (C=O) groups excluding carboxylic acids is 4. The minimum atomic E-state index is -4.95. The molecule has 3 N–H and O–H groups in total. The summed E-state index contributed by atoms with van der Waals surface area (Å²) in [6.45, 7) is 9.47. The van der Waals surface area contributed by atoms with Gasteiger partial charge in [-0.1, -0.05) is 305 Å². The molecule has 0 rings (SSSR count). The lowest BCUT2D eigenvalue weighted by atomic mass is 10.0. The molecule has 2 unspecified atom stereocenters. The number of hydrogen-bond donors (Lipinski definition) is 3. The lowest BCUT2D eigenvalue weighted by Crippen LogP contribution is -2.30. The molecule has 0 aromatic carbocycles. The second-order valence-corrected chi connectivity index (χ2v) is 29.1. The Labute approximate surface area is 543 Å². The Balaban J connectivity index is 5.10. The topological polar surface area (TPSA) is 237 Å². The minimum absolute atomic E-state index is 0.106. The van der Waals surface area contributed by atoms with Gasteiger partial charge in [-0.25, -0.2) is 9.13 Å². The Morgan fingerprint density at radius 1 is 0.303 bits per heavy atom. The van der Waals surface area contributed by atoms with E-state index in [0.29, 0.717) is 25.7 Å². The summed E-state index contributed by atoms with van der Waals surface area (Å²) >= 11 is 0. The predicted molar refractivity (Wildman–Crippen MR) is 358 cm³/mol. The van der Waals surface area contributed by atoms with Crippen LogP contribution < -0.4 is 0 Å². The number of ether oxygens (including phenoxy) is 4. The Kier molecular flexibility index (Phi) is 60.8. The van der Waals surface area contributed by atoms with Crippen molar-refractivity contribution >= 4 is 39.5 Å². The van der Waals surface area contributed by atoms with Crippen LogP contribution in [0.3, 0.4) is 0 Å². The van der Waals surface area contributed by atoms with Gasteiger partial charge in [-0.15, -0.1) is 0 Å². The van der Waals surface area contributed by atoms with Gasteiger partial charge in [0, 0.05) is 25.7 Å². The molecular weight excluding hydrogens is 1170 g/mol. The molecule has 0 aromatic heterocycles. The summed E-state index contributed by atoms with van der Waals surface area (Å²) in [5, 5.41) is 10.5. The maximum absolute atomic E-state index is 13.0. The van der Waals surface area contributed by atoms with E-state index < -0.39 is 97.5 Å². The number of phosphoric acid groups is 2. The fourth-order valence-electron chi connectivity index (χ4n) is 10.6. The average Bonchev–Trinajstić information content (AvgIpc) is 3.65. The van der Waals surface area contributed by atoms with Crippen LogP contribution in [0.4, 0.5) is 0 Å². The third-order valence-corrected chi connectivity index (χ3v) is 18.1. The molecule has 0 heterocycles. The van der Waals surface area contributed by atoms with E-state index in [1.165, 1.54) is 167 Å². The molecule has 0 aromatic rings. The monoisotopic (exact) mass is 1310 g/mol. The molecule has 0 aliphatic heterocycles. The number of aliphatic hydroxyl groups is 1. The van der Waals surface area contributed by atoms with Crippen LogP contribution in [0.1, 0.15) is 356 Å². The second-order valence-electron chi connectivity index (χ2n) is 26.2. The third-order valence-electron chi connectivity index (χ3n) is 16.2. The van der Waals surface area contributed by atoms with E-state index in [-0.39, 0.29) is 25.7 Å². The number of hydrogen-bond acceptors (Lipinski definition) is 15. The maximum Gasteiger partial charge on any atom is 0.472 e. The van der Waals surface area contributed by atoms with Crippen LogP contribution in [0.5, 0.6) is 0 Å². The molecule has 0 aliphatic carbocycles. The number of aliphatic hydroxyl groups excluding tert-OH is 1. The summed E-state index contributed by atoms with van der Waals surface area (Å²) in [6.07, 6.45) is 47.7. The second kappa shape index (κ2) is 62.2. The lowest BCUT2D eigenvalue weighted by molar-refractivity contribution is -0.161. The largest absolute Gasteiger partial charge is 0.472 e. The molecule has 89 heavy (non-hydrogen) atoms. The molecule has 0 fully saturated rings. The molecule has 0 amide bonds. The summed E-state index contributed by atoms with van der Waals surface area (Å²) in [7, 11) is -9.89. The quantitative estimate of drug-likeness (QED) is 0.0222. The van der Waals surface area contributed by atoms with Crippen molar-refractivity contribution in [2.75, 3.05) is 39.6 Å². The van der Waals surface area contributed by atoms with Gasteiger partial charge in [0.05, 0.1) is 26.4 Å². The van der Waals surface area contributed by atoms with Crippen LogP contribution in [0.15, 0.2) is 0 Å². The van der Waals surface area contributed by atoms with Crippen molar-refractivity contribution in [1.82, 2.24) is 0 Å². The summed E-state index contributed by atoms with van der Waals surface area (Å²) in [6, 6.07) is 0. The number of carbonyl (C=O) groups is 4. The van der Waals surface area contributed by atoms with Gasteiger partial charge < -0.3 is 33.8 Å². The molecular formula is C70H136O17P2. The number of esters is 4. The normalized spacial score (nSPS) is 14.1. The van der Waals surface area contributed by atoms with Crippen molar-refractivity contribution in [3.63, 3.8) is 0 Å². The maximum atomic E-state index is 13.0. The van der Waals surface area contributed by atoms with Gasteiger partial charge in [0.25, 0.3) is 0 Å². The van der Waals surface area contributed by atoms with Crippen LogP contribution in [0, 0.1) is 11.8 Å². The summed E-state index contributed by atoms with van der Waals surface area (Å²) < 4.78 is 68.0. The van der Waals surface area contributed by atoms with E-state index in [0.717, 1.165) is 108 Å². The number of unbranched alkanes of at least 4 members (excludes halogenated alkanes) is 39. The smallest absolute Gasteiger partial charge is 0.462 e. The molecule has 528 valence electrons. The first-order valence-electron chi connectivity index (χ1n) is 36.5. The predicted octanol–water partition coefficient (Wildman–Crippen LogP) is 20.0. The van der Waals surface area contributed by atoms with Crippen LogP contribution in [0.25, 0.3) is 0 Å². The summed E-state index contributed by atoms with van der Waals surface area (Å²) in [5.74, 6) is -0.572. The van der Waals surface area contributed by atoms with E-state index in [2.05, 4.69) is 41.5 Å². The van der Waals surface area contributed by atoms with E-state index in [1.807, 2.05) is 0 Å². The zero-order chi connectivity index (χ0) is 65.7. The summed E-state index contributed by atoms with van der Waals surface area (Å²) in [4.78, 5) is 72.2. The zero-order valence-corrected chi connectivity index (χ0v) is 59.5. The molecule has 17 nitrogen and oxygen atoms in total. The molecule has 0 spiro atoms. The molecule has 0 aliphatic rings. The molecule has 0 radical (unpaired) electrons. The van der Waals surface area contributed by atoms with E-state index in [9.17, 15) is 43.2 Å². The first kappa shape index (κ1) is 87.1. The van der Waals surface area contributed by atoms with Crippen LogP contribution in [0.2, 0.25) is 0 Å². The highest BCUT2D eigenvalue weighted by Crippen LogP contribution is 2.45. The van der Waals surface area contributed by atoms with Gasteiger partial charge >= 0.3 is 39.5 Å². The van der Waals surface area contributed by atoms with Gasteiger partial charge in [-0.2, -0.15) is 0 Å². The minimum Gasteiger partial charge on any atom is -0.462 e. The highest BCUT2D eigenvalue weighted by Gasteiger charge is 2.30. The van der Waals surface area contributed by atoms with Crippen LogP contribution in [-0.4, -0.2) is 96.7 Å². The molecule has 0 bridgehead atoms. The summed E-state index contributed by atoms with van der Waals surface area (Å²) in [5.41, 5.74) is 0. The van der Waals surface area contributed by atoms with Gasteiger partial charge in [0.15, 0.2) is 12.2 Å². The molecule has 0 saturated carbocycles.